The van der Waals surface area contributed by atoms with Crippen molar-refractivity contribution >= 4 is 22.5 Å². The van der Waals surface area contributed by atoms with E-state index in [1.165, 1.54) is 6.42 Å². The highest BCUT2D eigenvalue weighted by Crippen LogP contribution is 2.15. The second-order valence-corrected chi connectivity index (χ2v) is 3.85. The molecular formula is C13H19N3O. The van der Waals surface area contributed by atoms with E-state index in [-0.39, 0.29) is 5.78 Å². The van der Waals surface area contributed by atoms with E-state index in [1.54, 1.807) is 18.2 Å². The van der Waals surface area contributed by atoms with Gasteiger partial charge < -0.3 is 10.7 Å². The monoisotopic (exact) mass is 233 g/mol. The number of nitrogens with one attached hydrogen (secondary N) is 1. The first-order valence-corrected chi connectivity index (χ1v) is 5.90. The van der Waals surface area contributed by atoms with Crippen molar-refractivity contribution in [2.24, 2.45) is 0 Å². The Labute approximate surface area is 101 Å². The molecule has 0 amide bonds. The van der Waals surface area contributed by atoms with Gasteiger partial charge in [-0.2, -0.15) is 0 Å². The van der Waals surface area contributed by atoms with Gasteiger partial charge in [0.25, 0.3) is 0 Å². The number of hydrogen-bond acceptors (Lipinski definition) is 3. The van der Waals surface area contributed by atoms with Crippen molar-refractivity contribution in [2.75, 3.05) is 5.73 Å². The number of ketones is 1. The van der Waals surface area contributed by atoms with Crippen LogP contribution in [-0.2, 0) is 0 Å². The first kappa shape index (κ1) is 13.2. The average molecular weight is 233 g/mol. The standard InChI is InChI=1S/C10H11N3O.C3H8/c1-2-9(14)10-12-7-4-3-6(11)5-8(7)13-10;1-3-2/h3-5H,2,11H2,1H3,(H,12,13);3H2,1-2H3. The van der Waals surface area contributed by atoms with Crippen molar-refractivity contribution in [3.8, 4) is 0 Å². The van der Waals surface area contributed by atoms with Crippen molar-refractivity contribution in [3.05, 3.63) is 24.0 Å². The molecule has 0 saturated heterocycles. The Morgan fingerprint density at radius 2 is 2.00 bits per heavy atom. The quantitative estimate of drug-likeness (QED) is 0.618. The Balaban J connectivity index is 0.000000437. The van der Waals surface area contributed by atoms with Gasteiger partial charge in [-0.3, -0.25) is 4.79 Å². The lowest BCUT2D eigenvalue weighted by molar-refractivity contribution is 0.0979. The molecule has 0 aliphatic carbocycles. The number of anilines is 1. The second kappa shape index (κ2) is 6.03. The summed E-state index contributed by atoms with van der Waals surface area (Å²) in [6, 6.07) is 5.34. The van der Waals surface area contributed by atoms with Crippen LogP contribution in [-0.4, -0.2) is 15.8 Å². The number of carbonyl (C=O) groups is 1. The first-order valence-electron chi connectivity index (χ1n) is 5.90. The summed E-state index contributed by atoms with van der Waals surface area (Å²) in [4.78, 5) is 18.5. The number of benzene rings is 1. The van der Waals surface area contributed by atoms with Crippen molar-refractivity contribution in [2.45, 2.75) is 33.6 Å². The number of nitrogens with zero attached hydrogens (tertiary/aromatic N) is 1. The van der Waals surface area contributed by atoms with E-state index in [4.69, 9.17) is 5.73 Å². The number of rotatable bonds is 2. The molecule has 2 rings (SSSR count). The minimum Gasteiger partial charge on any atom is -0.399 e. The molecule has 0 bridgehead atoms. The van der Waals surface area contributed by atoms with Gasteiger partial charge in [-0.05, 0) is 18.2 Å². The molecule has 0 unspecified atom stereocenters. The maximum Gasteiger partial charge on any atom is 0.197 e. The molecule has 1 aromatic carbocycles. The number of carbonyl (C=O) groups excluding carboxylic acids is 1. The minimum atomic E-state index is 0.0137. The molecule has 0 fully saturated rings. The van der Waals surface area contributed by atoms with Crippen LogP contribution < -0.4 is 5.73 Å². The van der Waals surface area contributed by atoms with Crippen LogP contribution in [0.2, 0.25) is 0 Å². The van der Waals surface area contributed by atoms with Crippen LogP contribution in [0.15, 0.2) is 18.2 Å². The summed E-state index contributed by atoms with van der Waals surface area (Å²) in [6.07, 6.45) is 1.70. The van der Waals surface area contributed by atoms with Crippen LogP contribution in [0.3, 0.4) is 0 Å². The van der Waals surface area contributed by atoms with Gasteiger partial charge in [0.2, 0.25) is 0 Å². The van der Waals surface area contributed by atoms with Crippen LogP contribution in [0.4, 0.5) is 5.69 Å². The largest absolute Gasteiger partial charge is 0.399 e. The number of Topliss-reactive ketones (excluding diaryl/α,β-unsaturated/α-hetero) is 1. The molecule has 4 heteroatoms. The van der Waals surface area contributed by atoms with E-state index in [1.807, 2.05) is 6.92 Å². The number of hydrogen-bond donors (Lipinski definition) is 2. The number of imidazole rings is 1. The Kier molecular flexibility index (Phi) is 4.69. The summed E-state index contributed by atoms with van der Waals surface area (Å²) >= 11 is 0. The van der Waals surface area contributed by atoms with E-state index in [2.05, 4.69) is 23.8 Å². The third kappa shape index (κ3) is 3.31. The fraction of sp³-hybridized carbons (Fsp3) is 0.385. The van der Waals surface area contributed by atoms with Gasteiger partial charge in [0.1, 0.15) is 0 Å². The van der Waals surface area contributed by atoms with E-state index in [0.29, 0.717) is 17.9 Å². The lowest BCUT2D eigenvalue weighted by atomic mass is 10.3. The SMILES string of the molecule is CCC.CCC(=O)c1nc2ccc(N)cc2[nH]1. The molecule has 17 heavy (non-hydrogen) atoms. The molecule has 2 aromatic rings. The number of aromatic nitrogens is 2. The van der Waals surface area contributed by atoms with E-state index < -0.39 is 0 Å². The first-order chi connectivity index (χ1) is 8.12. The van der Waals surface area contributed by atoms with Gasteiger partial charge in [-0.25, -0.2) is 4.98 Å². The van der Waals surface area contributed by atoms with Crippen molar-refractivity contribution in [3.63, 3.8) is 0 Å². The molecule has 0 radical (unpaired) electrons. The molecule has 0 spiro atoms. The van der Waals surface area contributed by atoms with Gasteiger partial charge >= 0.3 is 0 Å². The van der Waals surface area contributed by atoms with E-state index >= 15 is 0 Å². The third-order valence-electron chi connectivity index (χ3n) is 2.09. The maximum absolute atomic E-state index is 11.3. The second-order valence-electron chi connectivity index (χ2n) is 3.85. The number of aromatic amines is 1. The smallest absolute Gasteiger partial charge is 0.197 e. The Bertz CT molecular complexity index is 502. The topological polar surface area (TPSA) is 71.8 Å². The Morgan fingerprint density at radius 3 is 2.59 bits per heavy atom. The summed E-state index contributed by atoms with van der Waals surface area (Å²) in [5.41, 5.74) is 7.85. The lowest BCUT2D eigenvalue weighted by Crippen LogP contribution is -1.98. The Hall–Kier alpha value is -1.84. The molecule has 4 nitrogen and oxygen atoms in total. The lowest BCUT2D eigenvalue weighted by Gasteiger charge is -1.89. The molecule has 3 N–H and O–H groups in total. The van der Waals surface area contributed by atoms with Crippen LogP contribution >= 0.6 is 0 Å². The van der Waals surface area contributed by atoms with Crippen molar-refractivity contribution < 1.29 is 4.79 Å². The van der Waals surface area contributed by atoms with Gasteiger partial charge in [0.05, 0.1) is 11.0 Å². The minimum absolute atomic E-state index is 0.0137. The molecular weight excluding hydrogens is 214 g/mol. The van der Waals surface area contributed by atoms with Crippen LogP contribution in [0, 0.1) is 0 Å². The van der Waals surface area contributed by atoms with Crippen LogP contribution in [0.25, 0.3) is 11.0 Å². The maximum atomic E-state index is 11.3. The predicted molar refractivity (Wildman–Crippen MR) is 71.1 cm³/mol. The zero-order valence-corrected chi connectivity index (χ0v) is 10.6. The molecule has 0 saturated carbocycles. The van der Waals surface area contributed by atoms with Crippen molar-refractivity contribution in [1.29, 1.82) is 0 Å². The van der Waals surface area contributed by atoms with Gasteiger partial charge in [-0.15, -0.1) is 0 Å². The predicted octanol–water partition coefficient (Wildman–Crippen LogP) is 3.15. The van der Waals surface area contributed by atoms with E-state index in [0.717, 1.165) is 11.0 Å². The fourth-order valence-electron chi connectivity index (χ4n) is 1.33. The number of fused-ring (bicyclic) bond motifs is 1. The van der Waals surface area contributed by atoms with Crippen LogP contribution in [0.1, 0.15) is 44.2 Å². The molecule has 1 heterocycles. The Morgan fingerprint density at radius 1 is 1.35 bits per heavy atom. The zero-order chi connectivity index (χ0) is 12.8. The number of H-pyrrole nitrogens is 1. The van der Waals surface area contributed by atoms with Gasteiger partial charge in [-0.1, -0.05) is 27.2 Å². The van der Waals surface area contributed by atoms with Gasteiger partial charge in [0, 0.05) is 12.1 Å². The molecule has 1 aromatic heterocycles. The normalized spacial score (nSPS) is 9.82. The molecule has 0 atom stereocenters. The highest BCUT2D eigenvalue weighted by molar-refractivity contribution is 5.95. The van der Waals surface area contributed by atoms with Gasteiger partial charge in [0.15, 0.2) is 11.6 Å². The fourth-order valence-corrected chi connectivity index (χ4v) is 1.33. The molecule has 0 aliphatic heterocycles. The summed E-state index contributed by atoms with van der Waals surface area (Å²) in [5.74, 6) is 0.424. The summed E-state index contributed by atoms with van der Waals surface area (Å²) in [7, 11) is 0. The highest BCUT2D eigenvalue weighted by Gasteiger charge is 2.08. The average Bonchev–Trinajstić information content (AvgIpc) is 2.71. The van der Waals surface area contributed by atoms with Crippen LogP contribution in [0.5, 0.6) is 0 Å². The van der Waals surface area contributed by atoms with Crippen molar-refractivity contribution in [1.82, 2.24) is 9.97 Å². The zero-order valence-electron chi connectivity index (χ0n) is 10.6. The number of nitrogens with two attached hydrogens (primary N) is 1. The summed E-state index contributed by atoms with van der Waals surface area (Å²) in [6.45, 7) is 6.06. The third-order valence-corrected chi connectivity index (χ3v) is 2.09. The molecule has 0 aliphatic rings. The van der Waals surface area contributed by atoms with E-state index in [9.17, 15) is 4.79 Å². The molecule has 92 valence electrons. The summed E-state index contributed by atoms with van der Waals surface area (Å²) in [5, 5.41) is 0. The summed E-state index contributed by atoms with van der Waals surface area (Å²) < 4.78 is 0. The number of nitrogen functional groups attached to an aromatic ring is 1. The highest BCUT2D eigenvalue weighted by atomic mass is 16.1.